The maximum atomic E-state index is 13.5. The molecule has 1 fully saturated rings. The summed E-state index contributed by atoms with van der Waals surface area (Å²) in [6, 6.07) is 4.18. The van der Waals surface area contributed by atoms with Crippen LogP contribution in [0.3, 0.4) is 0 Å². The van der Waals surface area contributed by atoms with E-state index in [9.17, 15) is 9.18 Å². The Balaban J connectivity index is 1.94. The molecular formula is C14H17ClFNO2. The van der Waals surface area contributed by atoms with Gasteiger partial charge >= 0.3 is 0 Å². The Morgan fingerprint density at radius 1 is 1.53 bits per heavy atom. The number of halogens is 2. The normalized spacial score (nSPS) is 22.3. The summed E-state index contributed by atoms with van der Waals surface area (Å²) in [7, 11) is 1.39. The lowest BCUT2D eigenvalue weighted by molar-refractivity contribution is 0.0947. The summed E-state index contributed by atoms with van der Waals surface area (Å²) in [5, 5.41) is 2.94. The fraction of sp³-hybridized carbons (Fsp3) is 0.500. The number of amides is 1. The molecule has 104 valence electrons. The molecule has 1 aliphatic rings. The average Bonchev–Trinajstić information content (AvgIpc) is 2.81. The lowest BCUT2D eigenvalue weighted by Gasteiger charge is -2.14. The van der Waals surface area contributed by atoms with Gasteiger partial charge in [0, 0.05) is 17.5 Å². The van der Waals surface area contributed by atoms with Gasteiger partial charge in [0.15, 0.2) is 11.6 Å². The topological polar surface area (TPSA) is 38.3 Å². The van der Waals surface area contributed by atoms with E-state index in [4.69, 9.17) is 16.3 Å². The predicted octanol–water partition coefficient (Wildman–Crippen LogP) is 2.97. The minimum atomic E-state index is -0.536. The molecule has 1 amide bonds. The Kier molecular flexibility index (Phi) is 4.64. The second kappa shape index (κ2) is 6.24. The summed E-state index contributed by atoms with van der Waals surface area (Å²) in [6.45, 7) is 0.542. The molecule has 1 aromatic carbocycles. The summed E-state index contributed by atoms with van der Waals surface area (Å²) in [5.74, 6) is -0.370. The second-order valence-corrected chi connectivity index (χ2v) is 5.33. The third kappa shape index (κ3) is 3.38. The van der Waals surface area contributed by atoms with E-state index in [0.717, 1.165) is 19.3 Å². The molecule has 2 rings (SSSR count). The molecule has 1 aromatic rings. The number of carbonyl (C=O) groups excluding carboxylic acids is 1. The van der Waals surface area contributed by atoms with E-state index < -0.39 is 5.82 Å². The summed E-state index contributed by atoms with van der Waals surface area (Å²) >= 11 is 6.14. The number of hydrogen-bond donors (Lipinski definition) is 1. The van der Waals surface area contributed by atoms with Gasteiger partial charge in [-0.1, -0.05) is 6.42 Å². The second-order valence-electron chi connectivity index (χ2n) is 4.77. The standard InChI is InChI=1S/C14H17ClFNO2/c1-19-13-6-5-9(7-12(13)16)14(18)17-8-10-3-2-4-11(10)15/h5-7,10-11H,2-4,8H2,1H3,(H,17,18). The number of carbonyl (C=O) groups is 1. The quantitative estimate of drug-likeness (QED) is 0.864. The molecule has 1 N–H and O–H groups in total. The highest BCUT2D eigenvalue weighted by atomic mass is 35.5. The van der Waals surface area contributed by atoms with E-state index in [-0.39, 0.29) is 17.0 Å². The Labute approximate surface area is 117 Å². The van der Waals surface area contributed by atoms with Gasteiger partial charge < -0.3 is 10.1 Å². The molecular weight excluding hydrogens is 269 g/mol. The van der Waals surface area contributed by atoms with Gasteiger partial charge in [0.2, 0.25) is 0 Å². The zero-order valence-electron chi connectivity index (χ0n) is 10.8. The van der Waals surface area contributed by atoms with E-state index in [2.05, 4.69) is 5.32 Å². The number of nitrogens with one attached hydrogen (secondary N) is 1. The highest BCUT2D eigenvalue weighted by molar-refractivity contribution is 6.21. The van der Waals surface area contributed by atoms with Crippen LogP contribution in [0, 0.1) is 11.7 Å². The van der Waals surface area contributed by atoms with Crippen LogP contribution in [0.25, 0.3) is 0 Å². The van der Waals surface area contributed by atoms with Crippen LogP contribution in [0.1, 0.15) is 29.6 Å². The van der Waals surface area contributed by atoms with E-state index >= 15 is 0 Å². The summed E-state index contributed by atoms with van der Waals surface area (Å²) in [4.78, 5) is 11.9. The van der Waals surface area contributed by atoms with Crippen molar-refractivity contribution in [2.45, 2.75) is 24.6 Å². The molecule has 0 heterocycles. The zero-order chi connectivity index (χ0) is 13.8. The van der Waals surface area contributed by atoms with Crippen molar-refractivity contribution >= 4 is 17.5 Å². The van der Waals surface area contributed by atoms with Gasteiger partial charge in [-0.15, -0.1) is 11.6 Å². The summed E-state index contributed by atoms with van der Waals surface area (Å²) < 4.78 is 18.3. The molecule has 0 radical (unpaired) electrons. The van der Waals surface area contributed by atoms with E-state index in [0.29, 0.717) is 18.0 Å². The van der Waals surface area contributed by atoms with Gasteiger partial charge in [0.1, 0.15) is 0 Å². The molecule has 19 heavy (non-hydrogen) atoms. The van der Waals surface area contributed by atoms with Gasteiger partial charge in [0.25, 0.3) is 5.91 Å². The predicted molar refractivity (Wildman–Crippen MR) is 72.3 cm³/mol. The number of hydrogen-bond acceptors (Lipinski definition) is 2. The number of ether oxygens (including phenoxy) is 1. The first kappa shape index (κ1) is 14.1. The fourth-order valence-corrected chi connectivity index (χ4v) is 2.72. The molecule has 2 atom stereocenters. The van der Waals surface area contributed by atoms with Crippen LogP contribution in [-0.4, -0.2) is 24.9 Å². The lowest BCUT2D eigenvalue weighted by atomic mass is 10.1. The number of rotatable bonds is 4. The number of benzene rings is 1. The van der Waals surface area contributed by atoms with Gasteiger partial charge in [0.05, 0.1) is 7.11 Å². The maximum absolute atomic E-state index is 13.5. The molecule has 1 saturated carbocycles. The van der Waals surface area contributed by atoms with Crippen molar-refractivity contribution < 1.29 is 13.9 Å². The van der Waals surface area contributed by atoms with Crippen molar-refractivity contribution in [1.82, 2.24) is 5.32 Å². The Morgan fingerprint density at radius 3 is 2.89 bits per heavy atom. The average molecular weight is 286 g/mol. The van der Waals surface area contributed by atoms with Crippen molar-refractivity contribution in [3.63, 3.8) is 0 Å². The van der Waals surface area contributed by atoms with Gasteiger partial charge in [-0.25, -0.2) is 4.39 Å². The fourth-order valence-electron chi connectivity index (χ4n) is 2.36. The SMILES string of the molecule is COc1ccc(C(=O)NCC2CCCC2Cl)cc1F. The highest BCUT2D eigenvalue weighted by Gasteiger charge is 2.25. The van der Waals surface area contributed by atoms with Crippen LogP contribution in [0.5, 0.6) is 5.75 Å². The van der Waals surface area contributed by atoms with Crippen LogP contribution in [-0.2, 0) is 0 Å². The third-order valence-corrected chi connectivity index (χ3v) is 4.08. The minimum Gasteiger partial charge on any atom is -0.494 e. The summed E-state index contributed by atoms with van der Waals surface area (Å²) in [6.07, 6.45) is 3.14. The van der Waals surface area contributed by atoms with Crippen LogP contribution in [0.2, 0.25) is 0 Å². The first-order valence-corrected chi connectivity index (χ1v) is 6.81. The first-order chi connectivity index (χ1) is 9.11. The van der Waals surface area contributed by atoms with Crippen molar-refractivity contribution in [3.8, 4) is 5.75 Å². The largest absolute Gasteiger partial charge is 0.494 e. The molecule has 0 aliphatic heterocycles. The molecule has 0 aromatic heterocycles. The Bertz CT molecular complexity index is 467. The van der Waals surface area contributed by atoms with Crippen LogP contribution < -0.4 is 10.1 Å². The molecule has 0 saturated heterocycles. The van der Waals surface area contributed by atoms with Crippen LogP contribution >= 0.6 is 11.6 Å². The number of alkyl halides is 1. The highest BCUT2D eigenvalue weighted by Crippen LogP contribution is 2.29. The van der Waals surface area contributed by atoms with Crippen molar-refractivity contribution in [2.24, 2.45) is 5.92 Å². The molecule has 5 heteroatoms. The Hall–Kier alpha value is -1.29. The van der Waals surface area contributed by atoms with Gasteiger partial charge in [-0.3, -0.25) is 4.79 Å². The molecule has 3 nitrogen and oxygen atoms in total. The molecule has 0 spiro atoms. The molecule has 2 unspecified atom stereocenters. The van der Waals surface area contributed by atoms with E-state index in [1.807, 2.05) is 0 Å². The van der Waals surface area contributed by atoms with E-state index in [1.54, 1.807) is 6.07 Å². The lowest BCUT2D eigenvalue weighted by Crippen LogP contribution is -2.31. The van der Waals surface area contributed by atoms with Crippen molar-refractivity contribution in [2.75, 3.05) is 13.7 Å². The Morgan fingerprint density at radius 2 is 2.32 bits per heavy atom. The first-order valence-electron chi connectivity index (χ1n) is 6.37. The van der Waals surface area contributed by atoms with E-state index in [1.165, 1.54) is 19.2 Å². The monoisotopic (exact) mass is 285 g/mol. The third-order valence-electron chi connectivity index (χ3n) is 3.51. The number of methoxy groups -OCH3 is 1. The maximum Gasteiger partial charge on any atom is 0.251 e. The van der Waals surface area contributed by atoms with Crippen molar-refractivity contribution in [1.29, 1.82) is 0 Å². The summed E-state index contributed by atoms with van der Waals surface area (Å²) in [5.41, 5.74) is 0.294. The van der Waals surface area contributed by atoms with Crippen molar-refractivity contribution in [3.05, 3.63) is 29.6 Å². The molecule has 1 aliphatic carbocycles. The van der Waals surface area contributed by atoms with Crippen LogP contribution in [0.15, 0.2) is 18.2 Å². The molecule has 0 bridgehead atoms. The van der Waals surface area contributed by atoms with Gasteiger partial charge in [-0.2, -0.15) is 0 Å². The van der Waals surface area contributed by atoms with Crippen LogP contribution in [0.4, 0.5) is 4.39 Å². The zero-order valence-corrected chi connectivity index (χ0v) is 11.5. The minimum absolute atomic E-state index is 0.132. The van der Waals surface area contributed by atoms with Gasteiger partial charge in [-0.05, 0) is 37.0 Å². The smallest absolute Gasteiger partial charge is 0.251 e.